The molecule has 2 aliphatic heterocycles. The maximum absolute atomic E-state index is 12.3. The Bertz CT molecular complexity index is 593. The van der Waals surface area contributed by atoms with Crippen LogP contribution in [-0.2, 0) is 19.0 Å². The third kappa shape index (κ3) is 6.87. The lowest BCUT2D eigenvalue weighted by molar-refractivity contribution is -0.201. The number of carbonyl (C=O) groups is 1. The number of hydrogen-bond acceptors (Lipinski definition) is 4. The van der Waals surface area contributed by atoms with Crippen molar-refractivity contribution >= 4 is 5.91 Å². The van der Waals surface area contributed by atoms with Crippen molar-refractivity contribution < 1.29 is 19.0 Å². The Labute approximate surface area is 170 Å². The minimum atomic E-state index is -0.161. The fraction of sp³-hybridized carbons (Fsp3) is 0.696. The predicted octanol–water partition coefficient (Wildman–Crippen LogP) is 3.80. The third-order valence-corrected chi connectivity index (χ3v) is 5.62. The molecule has 5 nitrogen and oxygen atoms in total. The molecule has 0 aliphatic carbocycles. The fourth-order valence-electron chi connectivity index (χ4n) is 3.44. The Hall–Kier alpha value is -1.43. The summed E-state index contributed by atoms with van der Waals surface area (Å²) in [6, 6.07) is 0.0328. The highest BCUT2D eigenvalue weighted by atomic mass is 16.6. The molecule has 0 bridgehead atoms. The Balaban J connectivity index is 1.76. The molecule has 1 amide bonds. The van der Waals surface area contributed by atoms with Crippen LogP contribution in [0.3, 0.4) is 0 Å². The van der Waals surface area contributed by atoms with E-state index in [0.717, 1.165) is 12.8 Å². The molecule has 0 aromatic rings. The van der Waals surface area contributed by atoms with Crippen LogP contribution in [0, 0.1) is 11.8 Å². The molecule has 1 unspecified atom stereocenters. The van der Waals surface area contributed by atoms with E-state index in [-0.39, 0.29) is 35.7 Å². The quantitative estimate of drug-likeness (QED) is 0.480. The minimum absolute atomic E-state index is 0.00434. The van der Waals surface area contributed by atoms with E-state index in [1.54, 1.807) is 6.08 Å². The fourth-order valence-corrected chi connectivity index (χ4v) is 3.44. The summed E-state index contributed by atoms with van der Waals surface area (Å²) in [5.41, 5.74) is 1.01. The van der Waals surface area contributed by atoms with Crippen LogP contribution >= 0.6 is 0 Å². The van der Waals surface area contributed by atoms with E-state index < -0.39 is 0 Å². The van der Waals surface area contributed by atoms with Crippen molar-refractivity contribution in [1.29, 1.82) is 0 Å². The summed E-state index contributed by atoms with van der Waals surface area (Å²) < 4.78 is 17.2. The molecule has 2 rings (SSSR count). The summed E-state index contributed by atoms with van der Waals surface area (Å²) in [6.07, 6.45) is 9.53. The zero-order valence-corrected chi connectivity index (χ0v) is 18.1. The molecule has 0 aromatic carbocycles. The van der Waals surface area contributed by atoms with Gasteiger partial charge in [-0.15, -0.1) is 0 Å². The molecule has 5 atom stereocenters. The average molecular weight is 392 g/mol. The third-order valence-electron chi connectivity index (χ3n) is 5.62. The molecule has 2 saturated heterocycles. The number of rotatable bonds is 9. The second-order valence-corrected chi connectivity index (χ2v) is 8.69. The van der Waals surface area contributed by atoms with Gasteiger partial charge in [0.2, 0.25) is 5.91 Å². The molecule has 5 heteroatoms. The second kappa shape index (κ2) is 10.4. The van der Waals surface area contributed by atoms with Crippen molar-refractivity contribution in [2.75, 3.05) is 19.8 Å². The Morgan fingerprint density at radius 3 is 2.71 bits per heavy atom. The Morgan fingerprint density at radius 1 is 1.39 bits per heavy atom. The van der Waals surface area contributed by atoms with Crippen LogP contribution < -0.4 is 5.32 Å². The van der Waals surface area contributed by atoms with Crippen LogP contribution in [0.2, 0.25) is 0 Å². The van der Waals surface area contributed by atoms with E-state index in [1.807, 2.05) is 39.8 Å². The van der Waals surface area contributed by atoms with Gasteiger partial charge in [0.05, 0.1) is 38.1 Å². The zero-order chi connectivity index (χ0) is 20.7. The topological polar surface area (TPSA) is 56.8 Å². The number of allylic oxidation sites excluding steroid dienone is 2. The highest BCUT2D eigenvalue weighted by molar-refractivity contribution is 5.87. The molecule has 2 fully saturated rings. The summed E-state index contributed by atoms with van der Waals surface area (Å²) >= 11 is 0. The van der Waals surface area contributed by atoms with E-state index in [0.29, 0.717) is 25.7 Å². The van der Waals surface area contributed by atoms with Crippen molar-refractivity contribution in [3.8, 4) is 0 Å². The molecule has 0 saturated carbocycles. The maximum atomic E-state index is 12.3. The summed E-state index contributed by atoms with van der Waals surface area (Å²) in [7, 11) is 0. The molecule has 0 spiro atoms. The molecule has 28 heavy (non-hydrogen) atoms. The molecule has 158 valence electrons. The highest BCUT2D eigenvalue weighted by Crippen LogP contribution is 2.28. The zero-order valence-electron chi connectivity index (χ0n) is 18.1. The first-order valence-corrected chi connectivity index (χ1v) is 10.4. The molecule has 2 aliphatic rings. The van der Waals surface area contributed by atoms with Gasteiger partial charge in [-0.1, -0.05) is 44.2 Å². The maximum Gasteiger partial charge on any atom is 0.243 e. The van der Waals surface area contributed by atoms with Crippen molar-refractivity contribution in [1.82, 2.24) is 5.32 Å². The van der Waals surface area contributed by atoms with Gasteiger partial charge >= 0.3 is 0 Å². The van der Waals surface area contributed by atoms with E-state index in [4.69, 9.17) is 14.2 Å². The first-order chi connectivity index (χ1) is 13.2. The lowest BCUT2D eigenvalue weighted by Crippen LogP contribution is -2.50. The van der Waals surface area contributed by atoms with Gasteiger partial charge in [0.15, 0.2) is 0 Å². The van der Waals surface area contributed by atoms with Crippen molar-refractivity contribution in [2.24, 2.45) is 11.8 Å². The number of carbonyl (C=O) groups excluding carboxylic acids is 1. The van der Waals surface area contributed by atoms with Gasteiger partial charge in [-0.2, -0.15) is 0 Å². The smallest absolute Gasteiger partial charge is 0.243 e. The van der Waals surface area contributed by atoms with Crippen LogP contribution in [0.25, 0.3) is 0 Å². The molecule has 1 N–H and O–H groups in total. The van der Waals surface area contributed by atoms with Crippen molar-refractivity contribution in [3.63, 3.8) is 0 Å². The Morgan fingerprint density at radius 2 is 2.11 bits per heavy atom. The molecular formula is C23H37NO4. The van der Waals surface area contributed by atoms with Gasteiger partial charge in [0, 0.05) is 0 Å². The summed E-state index contributed by atoms with van der Waals surface area (Å²) in [5.74, 6) is 0.488. The van der Waals surface area contributed by atoms with Gasteiger partial charge in [-0.05, 0) is 51.5 Å². The van der Waals surface area contributed by atoms with Gasteiger partial charge < -0.3 is 19.5 Å². The summed E-state index contributed by atoms with van der Waals surface area (Å²) in [6.45, 7) is 16.0. The van der Waals surface area contributed by atoms with E-state index in [9.17, 15) is 4.79 Å². The van der Waals surface area contributed by atoms with Gasteiger partial charge in [-0.3, -0.25) is 4.79 Å². The number of ether oxygens (including phenoxy) is 3. The van der Waals surface area contributed by atoms with E-state index in [1.165, 1.54) is 5.57 Å². The van der Waals surface area contributed by atoms with Crippen molar-refractivity contribution in [3.05, 3.63) is 36.5 Å². The minimum Gasteiger partial charge on any atom is -0.375 e. The first-order valence-electron chi connectivity index (χ1n) is 10.4. The van der Waals surface area contributed by atoms with E-state index >= 15 is 0 Å². The van der Waals surface area contributed by atoms with Crippen LogP contribution in [0.1, 0.15) is 47.5 Å². The Kier molecular flexibility index (Phi) is 8.47. The largest absolute Gasteiger partial charge is 0.375 e. The van der Waals surface area contributed by atoms with Crippen LogP contribution in [0.4, 0.5) is 0 Å². The number of nitrogens with one attached hydrogen (secondary N) is 1. The summed E-state index contributed by atoms with van der Waals surface area (Å²) in [5, 5.41) is 3.10. The SMILES string of the molecule is C=C/C(C)=C/C[C@@H]1O[C@H](C)[C@H](NC(=O)C=CC(C)COC2(C)COC2)C[C@@H]1C. The second-order valence-electron chi connectivity index (χ2n) is 8.69. The number of amides is 1. The van der Waals surface area contributed by atoms with Crippen LogP contribution in [-0.4, -0.2) is 49.6 Å². The lowest BCUT2D eigenvalue weighted by Gasteiger charge is -2.39. The number of hydrogen-bond donors (Lipinski definition) is 1. The molecule has 0 aromatic heterocycles. The predicted molar refractivity (Wildman–Crippen MR) is 112 cm³/mol. The summed E-state index contributed by atoms with van der Waals surface area (Å²) in [4.78, 5) is 12.3. The van der Waals surface area contributed by atoms with Crippen LogP contribution in [0.5, 0.6) is 0 Å². The highest BCUT2D eigenvalue weighted by Gasteiger charge is 2.35. The van der Waals surface area contributed by atoms with Gasteiger partial charge in [0.25, 0.3) is 0 Å². The average Bonchev–Trinajstić information content (AvgIpc) is 2.64. The van der Waals surface area contributed by atoms with Crippen LogP contribution in [0.15, 0.2) is 36.5 Å². The first kappa shape index (κ1) is 22.9. The molecule has 0 radical (unpaired) electrons. The van der Waals surface area contributed by atoms with Gasteiger partial charge in [0.1, 0.15) is 5.60 Å². The molecule has 2 heterocycles. The normalized spacial score (nSPS) is 31.2. The van der Waals surface area contributed by atoms with Gasteiger partial charge in [-0.25, -0.2) is 0 Å². The van der Waals surface area contributed by atoms with Crippen molar-refractivity contribution in [2.45, 2.75) is 71.3 Å². The lowest BCUT2D eigenvalue weighted by atomic mass is 9.88. The monoisotopic (exact) mass is 391 g/mol. The molecular weight excluding hydrogens is 354 g/mol. The standard InChI is InChI=1S/C23H37NO4/c1-7-16(2)8-10-21-18(4)12-20(19(5)28-21)24-22(25)11-9-17(3)13-27-23(6)14-26-15-23/h7-9,11,17-21H,1,10,12-15H2,2-6H3,(H,24,25)/b11-9?,16-8+/t17?,18-,19+,20+,21-/m0/s1. The van der Waals surface area contributed by atoms with E-state index in [2.05, 4.69) is 24.9 Å².